The number of fused-ring (bicyclic) bond motifs is 1. The Labute approximate surface area is 306 Å². The van der Waals surface area contributed by atoms with Gasteiger partial charge in [-0.25, -0.2) is 11.7 Å². The lowest BCUT2D eigenvalue weighted by Crippen LogP contribution is -2.43. The number of thioether (sulfide) groups is 1. The molecule has 4 aromatic rings. The number of nitrogens with two attached hydrogens (primary N) is 3. The van der Waals surface area contributed by atoms with Gasteiger partial charge in [0, 0.05) is 32.9 Å². The highest BCUT2D eigenvalue weighted by atomic mass is 79.9. The van der Waals surface area contributed by atoms with Crippen molar-refractivity contribution in [3.63, 3.8) is 0 Å². The summed E-state index contributed by atoms with van der Waals surface area (Å²) in [5.74, 6) is 15.9. The van der Waals surface area contributed by atoms with Gasteiger partial charge < -0.3 is 10.9 Å². The van der Waals surface area contributed by atoms with Gasteiger partial charge in [-0.1, -0.05) is 83.8 Å². The van der Waals surface area contributed by atoms with Crippen LogP contribution in [-0.2, 0) is 4.79 Å². The summed E-state index contributed by atoms with van der Waals surface area (Å²) in [4.78, 5) is 20.1. The van der Waals surface area contributed by atoms with Gasteiger partial charge in [0.25, 0.3) is 5.97 Å². The standard InChI is InChI=1S/C11H9BrN4S.C8H6Br2O.C5H8N2S.C2H4O2.CH6N4S/c1-7-13-14-11-16(7)15-10(6-17-11)8-2-4-9(12)5-3-8;9-5-8(11)6-1-3-7(10)4-2-6;1-4-2-3-5(8)7(4)6;1-2(3)4;2-4-1(6)5-3/h2-5H,6H2,1H3;1-4H,5H2;2-3,8H,6H2,1H3;1H3,(H,3,4);2-3H2,(H2,4,5,6). The summed E-state index contributed by atoms with van der Waals surface area (Å²) in [6.07, 6.45) is 0. The highest BCUT2D eigenvalue weighted by molar-refractivity contribution is 9.10. The van der Waals surface area contributed by atoms with E-state index in [-0.39, 0.29) is 10.9 Å². The second kappa shape index (κ2) is 21.9. The molecule has 248 valence electrons. The van der Waals surface area contributed by atoms with Crippen molar-refractivity contribution in [2.24, 2.45) is 16.8 Å². The Kier molecular flexibility index (Phi) is 19.6. The van der Waals surface area contributed by atoms with Crippen LogP contribution in [0, 0.1) is 13.8 Å². The number of hydrazine groups is 2. The normalized spacial score (nSPS) is 10.8. The van der Waals surface area contributed by atoms with E-state index < -0.39 is 5.97 Å². The largest absolute Gasteiger partial charge is 0.481 e. The molecule has 0 atom stereocenters. The van der Waals surface area contributed by atoms with Gasteiger partial charge in [0.15, 0.2) is 16.7 Å². The van der Waals surface area contributed by atoms with E-state index in [1.54, 1.807) is 28.6 Å². The lowest BCUT2D eigenvalue weighted by Gasteiger charge is -2.12. The molecule has 3 heterocycles. The number of aliphatic carboxylic acids is 1. The molecule has 0 saturated heterocycles. The molecule has 5 rings (SSSR count). The Hall–Kier alpha value is -2.78. The molecule has 0 aliphatic carbocycles. The lowest BCUT2D eigenvalue weighted by atomic mass is 10.1. The molecule has 19 heteroatoms. The number of benzene rings is 2. The Morgan fingerprint density at radius 3 is 1.91 bits per heavy atom. The number of aryl methyl sites for hydroxylation is 2. The van der Waals surface area contributed by atoms with Crippen LogP contribution in [0.25, 0.3) is 0 Å². The first-order chi connectivity index (χ1) is 21.7. The van der Waals surface area contributed by atoms with Gasteiger partial charge in [-0.15, -0.1) is 22.8 Å². The van der Waals surface area contributed by atoms with Crippen LogP contribution >= 0.6 is 84.4 Å². The number of carboxylic acid groups (broad SMARTS) is 1. The van der Waals surface area contributed by atoms with Crippen molar-refractivity contribution in [3.05, 3.63) is 92.3 Å². The first-order valence-corrected chi connectivity index (χ1v) is 17.3. The molecule has 0 fully saturated rings. The van der Waals surface area contributed by atoms with Crippen LogP contribution in [-0.4, -0.2) is 58.3 Å². The number of carbonyl (C=O) groups is 2. The van der Waals surface area contributed by atoms with Crippen molar-refractivity contribution >= 4 is 107 Å². The fourth-order valence-corrected chi connectivity index (χ4v) is 4.87. The van der Waals surface area contributed by atoms with E-state index in [1.807, 2.05) is 50.2 Å². The second-order valence-electron chi connectivity index (χ2n) is 8.59. The highest BCUT2D eigenvalue weighted by Gasteiger charge is 2.17. The van der Waals surface area contributed by atoms with Gasteiger partial charge >= 0.3 is 0 Å². The predicted octanol–water partition coefficient (Wildman–Crippen LogP) is 4.82. The zero-order valence-corrected chi connectivity index (χ0v) is 32.1. The Bertz CT molecular complexity index is 1570. The number of alkyl halides is 1. The van der Waals surface area contributed by atoms with Crippen molar-refractivity contribution in [2.45, 2.75) is 31.0 Å². The van der Waals surface area contributed by atoms with E-state index in [0.717, 1.165) is 60.2 Å². The minimum atomic E-state index is -0.833. The molecule has 0 amide bonds. The summed E-state index contributed by atoms with van der Waals surface area (Å²) in [6, 6.07) is 19.3. The van der Waals surface area contributed by atoms with E-state index in [0.29, 0.717) is 5.33 Å². The summed E-state index contributed by atoms with van der Waals surface area (Å²) >= 11 is 19.9. The average Bonchev–Trinajstić information content (AvgIpc) is 3.57. The maximum Gasteiger partial charge on any atom is 0.300 e. The Morgan fingerprint density at radius 2 is 1.52 bits per heavy atom. The predicted molar refractivity (Wildman–Crippen MR) is 201 cm³/mol. The molecular formula is C27H33Br3N10O3S3. The molecule has 46 heavy (non-hydrogen) atoms. The monoisotopic (exact) mass is 878 g/mol. The van der Waals surface area contributed by atoms with Crippen LogP contribution in [0.4, 0.5) is 0 Å². The molecule has 0 saturated carbocycles. The maximum absolute atomic E-state index is 11.1. The third-order valence-corrected chi connectivity index (χ3v) is 8.25. The fourth-order valence-electron chi connectivity index (χ4n) is 2.90. The van der Waals surface area contributed by atoms with Crippen LogP contribution in [0.3, 0.4) is 0 Å². The van der Waals surface area contributed by atoms with E-state index in [1.165, 1.54) is 4.68 Å². The molecule has 0 spiro atoms. The number of nitrogens with one attached hydrogen (secondary N) is 2. The van der Waals surface area contributed by atoms with Crippen LogP contribution in [0.15, 0.2) is 84.9 Å². The van der Waals surface area contributed by atoms with Gasteiger partial charge in [0.05, 0.1) is 16.1 Å². The first kappa shape index (κ1) is 41.2. The van der Waals surface area contributed by atoms with Gasteiger partial charge in [0.1, 0.15) is 0 Å². The molecule has 1 aliphatic rings. The van der Waals surface area contributed by atoms with Crippen LogP contribution in [0.1, 0.15) is 34.4 Å². The van der Waals surface area contributed by atoms with Gasteiger partial charge in [-0.2, -0.15) is 9.78 Å². The van der Waals surface area contributed by atoms with E-state index in [9.17, 15) is 4.79 Å². The molecule has 2 aromatic heterocycles. The number of hydrogen-bond donors (Lipinski definition) is 7. The third-order valence-electron chi connectivity index (χ3n) is 5.15. The highest BCUT2D eigenvalue weighted by Crippen LogP contribution is 2.24. The molecule has 1 aliphatic heterocycles. The topological polar surface area (TPSA) is 204 Å². The number of carboxylic acids is 1. The molecule has 13 nitrogen and oxygen atoms in total. The summed E-state index contributed by atoms with van der Waals surface area (Å²) in [5, 5.41) is 22.3. The molecular weight excluding hydrogens is 848 g/mol. The van der Waals surface area contributed by atoms with Crippen LogP contribution in [0.2, 0.25) is 0 Å². The number of aromatic nitrogens is 4. The first-order valence-electron chi connectivity index (χ1n) is 12.8. The number of hydrogen-bond acceptors (Lipinski definition) is 11. The second-order valence-corrected chi connectivity index (χ2v) is 12.8. The quantitative estimate of drug-likeness (QED) is 0.0370. The maximum atomic E-state index is 11.1. The number of rotatable bonds is 3. The minimum absolute atomic E-state index is 0.109. The molecule has 0 unspecified atom stereocenters. The fraction of sp³-hybridized carbons (Fsp3) is 0.185. The number of thiol groups is 1. The summed E-state index contributed by atoms with van der Waals surface area (Å²) in [7, 11) is 0. The molecule has 2 aromatic carbocycles. The van der Waals surface area contributed by atoms with Crippen LogP contribution in [0.5, 0.6) is 0 Å². The number of nitrogen functional groups attached to an aromatic ring is 1. The Morgan fingerprint density at radius 1 is 1.00 bits per heavy atom. The van der Waals surface area contributed by atoms with E-state index >= 15 is 0 Å². The van der Waals surface area contributed by atoms with Crippen molar-refractivity contribution in [1.29, 1.82) is 0 Å². The number of ketones is 1. The van der Waals surface area contributed by atoms with Crippen molar-refractivity contribution in [2.75, 3.05) is 16.9 Å². The summed E-state index contributed by atoms with van der Waals surface area (Å²) in [6.45, 7) is 4.92. The Balaban J connectivity index is 0.000000317. The van der Waals surface area contributed by atoms with Gasteiger partial charge in [-0.05, 0) is 68.0 Å². The summed E-state index contributed by atoms with van der Waals surface area (Å²) in [5.41, 5.74) is 8.18. The smallest absolute Gasteiger partial charge is 0.300 e. The van der Waals surface area contributed by atoms with Crippen molar-refractivity contribution in [3.8, 4) is 0 Å². The average molecular weight is 882 g/mol. The lowest BCUT2D eigenvalue weighted by molar-refractivity contribution is -0.134. The van der Waals surface area contributed by atoms with Crippen molar-refractivity contribution in [1.82, 2.24) is 30.4 Å². The number of Topliss-reactive ketones (excluding diaryl/α,β-unsaturated/α-hetero) is 1. The zero-order chi connectivity index (χ0) is 34.8. The SMILES string of the molecule is CC(=O)O.Cc1ccc(S)n1N.Cc1nnc2n1N=C(c1ccc(Br)cc1)CS2.NNC(=S)NN.O=C(CBr)c1ccc(Br)cc1. The van der Waals surface area contributed by atoms with Crippen molar-refractivity contribution < 1.29 is 14.7 Å². The number of carbonyl (C=O) groups excluding carboxylic acids is 1. The minimum Gasteiger partial charge on any atom is -0.481 e. The number of nitrogens with zero attached hydrogens (tertiary/aromatic N) is 5. The number of halogens is 3. The van der Waals surface area contributed by atoms with Gasteiger partial charge in [-0.3, -0.25) is 25.1 Å². The third kappa shape index (κ3) is 15.2. The molecule has 9 N–H and O–H groups in total. The van der Waals surface area contributed by atoms with Crippen LogP contribution < -0.4 is 28.4 Å². The van der Waals surface area contributed by atoms with E-state index in [2.05, 4.69) is 111 Å². The molecule has 0 bridgehead atoms. The van der Waals surface area contributed by atoms with Gasteiger partial charge in [0.2, 0.25) is 5.16 Å². The zero-order valence-electron chi connectivity index (χ0n) is 24.8. The number of thiocarbonyl (C=S) groups is 1. The molecule has 0 radical (unpaired) electrons. The summed E-state index contributed by atoms with van der Waals surface area (Å²) < 4.78 is 5.39. The van der Waals surface area contributed by atoms with E-state index in [4.69, 9.17) is 27.4 Å².